The Bertz CT molecular complexity index is 1900. The minimum atomic E-state index is -0.471. The summed E-state index contributed by atoms with van der Waals surface area (Å²) >= 11 is 0. The van der Waals surface area contributed by atoms with Gasteiger partial charge in [-0.3, -0.25) is 0 Å². The van der Waals surface area contributed by atoms with Crippen molar-refractivity contribution in [3.8, 4) is 34.4 Å². The lowest BCUT2D eigenvalue weighted by atomic mass is 10.0. The third kappa shape index (κ3) is 6.18. The highest BCUT2D eigenvalue weighted by atomic mass is 16.5. The zero-order chi connectivity index (χ0) is 29.8. The average molecular weight is 575 g/mol. The molecule has 0 fully saturated rings. The number of rotatable bonds is 10. The first-order valence-corrected chi connectivity index (χ1v) is 14.3. The van der Waals surface area contributed by atoms with E-state index in [2.05, 4.69) is 9.97 Å². The highest BCUT2D eigenvalue weighted by Gasteiger charge is 2.13. The second kappa shape index (κ2) is 12.3. The van der Waals surface area contributed by atoms with E-state index in [1.807, 2.05) is 86.6 Å². The SMILES string of the molecule is CCCOc1cccc(-c2nc3ccc(Cc4ccc5nc(-c6cccc(OCCC)c6)oc(=O)c5c4)cc3c(=O)o2)c1. The average Bonchev–Trinajstić information content (AvgIpc) is 3.03. The summed E-state index contributed by atoms with van der Waals surface area (Å²) in [7, 11) is 0. The van der Waals surface area contributed by atoms with E-state index in [0.717, 1.165) is 24.0 Å². The van der Waals surface area contributed by atoms with Crippen LogP contribution in [0.4, 0.5) is 0 Å². The summed E-state index contributed by atoms with van der Waals surface area (Å²) in [4.78, 5) is 35.1. The summed E-state index contributed by atoms with van der Waals surface area (Å²) in [6.45, 7) is 5.28. The predicted molar refractivity (Wildman–Crippen MR) is 166 cm³/mol. The molecule has 0 aliphatic heterocycles. The molecule has 0 aliphatic rings. The maximum atomic E-state index is 13.0. The Labute approximate surface area is 247 Å². The fraction of sp³-hybridized carbons (Fsp3) is 0.200. The molecule has 0 unspecified atom stereocenters. The number of hydrogen-bond acceptors (Lipinski definition) is 8. The van der Waals surface area contributed by atoms with Crippen molar-refractivity contribution in [3.05, 3.63) is 117 Å². The minimum absolute atomic E-state index is 0.237. The van der Waals surface area contributed by atoms with Crippen LogP contribution in [0.1, 0.15) is 37.8 Å². The van der Waals surface area contributed by atoms with Gasteiger partial charge in [0.25, 0.3) is 0 Å². The van der Waals surface area contributed by atoms with E-state index in [9.17, 15) is 9.59 Å². The van der Waals surface area contributed by atoms with E-state index < -0.39 is 11.3 Å². The van der Waals surface area contributed by atoms with Crippen LogP contribution in [0.5, 0.6) is 11.5 Å². The lowest BCUT2D eigenvalue weighted by molar-refractivity contribution is 0.317. The molecular formula is C35H30N2O6. The summed E-state index contributed by atoms with van der Waals surface area (Å²) < 4.78 is 22.6. The Morgan fingerprint density at radius 2 is 1.07 bits per heavy atom. The highest BCUT2D eigenvalue weighted by molar-refractivity contribution is 5.81. The van der Waals surface area contributed by atoms with Crippen LogP contribution in [0.3, 0.4) is 0 Å². The number of benzene rings is 4. The lowest BCUT2D eigenvalue weighted by Crippen LogP contribution is -2.05. The Kier molecular flexibility index (Phi) is 8.00. The van der Waals surface area contributed by atoms with E-state index >= 15 is 0 Å². The molecule has 0 amide bonds. The minimum Gasteiger partial charge on any atom is -0.494 e. The van der Waals surface area contributed by atoms with Crippen LogP contribution in [-0.4, -0.2) is 23.2 Å². The zero-order valence-corrected chi connectivity index (χ0v) is 24.0. The first kappa shape index (κ1) is 27.9. The number of hydrogen-bond donors (Lipinski definition) is 0. The van der Waals surface area contributed by atoms with Gasteiger partial charge in [-0.05, 0) is 91.1 Å². The summed E-state index contributed by atoms with van der Waals surface area (Å²) in [6.07, 6.45) is 2.28. The Hall–Kier alpha value is -5.24. The zero-order valence-electron chi connectivity index (χ0n) is 24.0. The monoisotopic (exact) mass is 574 g/mol. The van der Waals surface area contributed by atoms with Crippen LogP contribution in [0, 0.1) is 0 Å². The maximum Gasteiger partial charge on any atom is 0.347 e. The van der Waals surface area contributed by atoms with Crippen molar-refractivity contribution in [1.82, 2.24) is 9.97 Å². The van der Waals surface area contributed by atoms with E-state index in [-0.39, 0.29) is 11.8 Å². The molecule has 4 aromatic carbocycles. The standard InChI is InChI=1S/C35H30N2O6/c1-3-15-40-26-9-5-7-24(20-26)32-36-30-13-11-22(18-28(30)34(38)42-32)17-23-12-14-31-29(19-23)35(39)43-33(37-31)25-8-6-10-27(21-25)41-16-4-2/h5-14,18-21H,3-4,15-17H2,1-2H3. The van der Waals surface area contributed by atoms with E-state index in [1.54, 1.807) is 12.1 Å². The number of fused-ring (bicyclic) bond motifs is 2. The largest absolute Gasteiger partial charge is 0.494 e. The Morgan fingerprint density at radius 3 is 1.51 bits per heavy atom. The van der Waals surface area contributed by atoms with Crippen LogP contribution in [-0.2, 0) is 6.42 Å². The summed E-state index contributed by atoms with van der Waals surface area (Å²) in [5.41, 5.74) is 3.22. The normalized spacial score (nSPS) is 11.2. The van der Waals surface area contributed by atoms with Crippen LogP contribution in [0.25, 0.3) is 44.7 Å². The molecule has 0 saturated carbocycles. The summed E-state index contributed by atoms with van der Waals surface area (Å²) in [5, 5.41) is 0.771. The van der Waals surface area contributed by atoms with Gasteiger partial charge in [0.1, 0.15) is 11.5 Å². The summed E-state index contributed by atoms with van der Waals surface area (Å²) in [6, 6.07) is 25.7. The van der Waals surface area contributed by atoms with Gasteiger partial charge in [0.2, 0.25) is 11.8 Å². The van der Waals surface area contributed by atoms with Gasteiger partial charge >= 0.3 is 11.3 Å². The highest BCUT2D eigenvalue weighted by Crippen LogP contribution is 2.26. The van der Waals surface area contributed by atoms with Crippen LogP contribution < -0.4 is 20.7 Å². The lowest BCUT2D eigenvalue weighted by Gasteiger charge is -2.08. The molecule has 0 radical (unpaired) electrons. The van der Waals surface area contributed by atoms with E-state index in [0.29, 0.717) is 64.1 Å². The second-order valence-electron chi connectivity index (χ2n) is 10.2. The van der Waals surface area contributed by atoms with Crippen molar-refractivity contribution in [1.29, 1.82) is 0 Å². The quantitative estimate of drug-likeness (QED) is 0.169. The van der Waals surface area contributed by atoms with Crippen molar-refractivity contribution >= 4 is 21.8 Å². The van der Waals surface area contributed by atoms with Crippen LogP contribution in [0.15, 0.2) is 103 Å². The fourth-order valence-electron chi connectivity index (χ4n) is 4.82. The molecule has 0 N–H and O–H groups in total. The summed E-state index contributed by atoms with van der Waals surface area (Å²) in [5.74, 6) is 1.86. The predicted octanol–water partition coefficient (Wildman–Crippen LogP) is 7.19. The molecule has 216 valence electrons. The van der Waals surface area contributed by atoms with Gasteiger partial charge < -0.3 is 18.3 Å². The molecule has 6 aromatic rings. The molecule has 0 bridgehead atoms. The van der Waals surface area contributed by atoms with Crippen LogP contribution >= 0.6 is 0 Å². The van der Waals surface area contributed by atoms with Crippen LogP contribution in [0.2, 0.25) is 0 Å². The second-order valence-corrected chi connectivity index (χ2v) is 10.2. The molecule has 43 heavy (non-hydrogen) atoms. The van der Waals surface area contributed by atoms with Gasteiger partial charge in [-0.1, -0.05) is 38.1 Å². The van der Waals surface area contributed by atoms with Gasteiger partial charge in [-0.2, -0.15) is 0 Å². The van der Waals surface area contributed by atoms with Gasteiger partial charge in [0.05, 0.1) is 35.0 Å². The molecule has 2 heterocycles. The Balaban J connectivity index is 1.25. The molecular weight excluding hydrogens is 544 g/mol. The van der Waals surface area contributed by atoms with E-state index in [1.165, 1.54) is 0 Å². The van der Waals surface area contributed by atoms with Crippen molar-refractivity contribution in [2.24, 2.45) is 0 Å². The molecule has 6 rings (SSSR count). The smallest absolute Gasteiger partial charge is 0.347 e. The van der Waals surface area contributed by atoms with Crippen molar-refractivity contribution < 1.29 is 18.3 Å². The van der Waals surface area contributed by atoms with E-state index in [4.69, 9.17) is 18.3 Å². The number of aromatic nitrogens is 2. The molecule has 2 aromatic heterocycles. The number of nitrogens with zero attached hydrogens (tertiary/aromatic N) is 2. The third-order valence-electron chi connectivity index (χ3n) is 6.90. The van der Waals surface area contributed by atoms with Gasteiger partial charge in [0, 0.05) is 11.1 Å². The molecule has 0 atom stereocenters. The molecule has 0 saturated heterocycles. The molecule has 8 nitrogen and oxygen atoms in total. The number of ether oxygens (including phenoxy) is 2. The molecule has 0 spiro atoms. The first-order valence-electron chi connectivity index (χ1n) is 14.3. The molecule has 0 aliphatic carbocycles. The fourth-order valence-corrected chi connectivity index (χ4v) is 4.82. The molecule has 8 heteroatoms. The van der Waals surface area contributed by atoms with Crippen molar-refractivity contribution in [3.63, 3.8) is 0 Å². The van der Waals surface area contributed by atoms with Gasteiger partial charge in [0.15, 0.2) is 0 Å². The maximum absolute atomic E-state index is 13.0. The van der Waals surface area contributed by atoms with Gasteiger partial charge in [-0.25, -0.2) is 19.6 Å². The Morgan fingerprint density at radius 1 is 0.605 bits per heavy atom. The van der Waals surface area contributed by atoms with Gasteiger partial charge in [-0.15, -0.1) is 0 Å². The van der Waals surface area contributed by atoms with Crippen molar-refractivity contribution in [2.75, 3.05) is 13.2 Å². The van der Waals surface area contributed by atoms with Crippen molar-refractivity contribution in [2.45, 2.75) is 33.1 Å². The third-order valence-corrected chi connectivity index (χ3v) is 6.90. The topological polar surface area (TPSA) is 105 Å². The first-order chi connectivity index (χ1) is 21.0.